The molecule has 716 valence electrons. The predicted molar refractivity (Wildman–Crippen MR) is 497 cm³/mol. The van der Waals surface area contributed by atoms with Crippen molar-refractivity contribution in [3.8, 4) is 0 Å². The van der Waals surface area contributed by atoms with Crippen molar-refractivity contribution in [3.63, 3.8) is 0 Å². The van der Waals surface area contributed by atoms with Gasteiger partial charge in [0.25, 0.3) is 5.92 Å². The van der Waals surface area contributed by atoms with E-state index in [1.807, 2.05) is 34.6 Å². The molecule has 126 heavy (non-hydrogen) atoms. The summed E-state index contributed by atoms with van der Waals surface area (Å²) in [6, 6.07) is -5.31. The lowest BCUT2D eigenvalue weighted by Crippen LogP contribution is -2.39. The van der Waals surface area contributed by atoms with Gasteiger partial charge in [0, 0.05) is 68.8 Å². The van der Waals surface area contributed by atoms with Crippen molar-refractivity contribution in [1.29, 1.82) is 0 Å². The molecule has 8 fully saturated rings. The molecule has 8 saturated heterocycles. The number of halogens is 3. The molecule has 53 heteroatoms. The highest BCUT2D eigenvalue weighted by atomic mass is 31.2. The summed E-state index contributed by atoms with van der Waals surface area (Å²) in [5.41, 5.74) is 0. The maximum Gasteiger partial charge on any atom is 0.293 e. The highest BCUT2D eigenvalue weighted by molar-refractivity contribution is 7.67. The number of unbranched alkanes of at least 4 members (excludes halogenated alkanes) is 2. The summed E-state index contributed by atoms with van der Waals surface area (Å²) in [6.45, 7) is 15.1. The Morgan fingerprint density at radius 3 is 0.786 bits per heavy atom. The fraction of sp³-hybridized carbons (Fsp3) is 0.671. The molecule has 24 N–H and O–H groups in total. The molecular weight excluding hydrogens is 1820 g/mol. The Bertz CT molecular complexity index is 3660. The predicted octanol–water partition coefficient (Wildman–Crippen LogP) is -0.103. The second kappa shape index (κ2) is 56.7. The standard InChI is InChI=1S/2C11H20BO5P.2C10H18BO5P.C8H14BO4P.C8H14FO4P.C8H15O4P.C7H10BF2O4P/c2*1-3-4-6-16-10-9(13)8(17-11(10)12)5-7-18(2,14)15;2*1-3-5-15-9-8(12)7(16-10(9)11)4-6-17(2,13)14;1-5-7(10)6(13-8(5)9)3-4-14(2,11)12;1-5-7(9)8(10)6(13-5)3-4-14(2,11)12;1-6-5-7(9)8(12-6)3-4-13(2,10)11;1-15(12,13)3-2-4-5(11)7(9,10)6(8)14-4/h2*5,7-11,13-15H,2-4,6H2,1H3;2*4,6-10,12-14H,2-3,5H2,1H3;2*3-8,10-12H,2H2,1H3;3-4,6-11H,2,5H2,1H3;2-6,11-13H,1H2/b2*7-5+;2*6-4+;3*4-3+;3-2+/t2*8-,9?,10+,11-;2*7-,8?,9+,10-;5-,6+,7?,8+;5-,6+,7+,8?;6-,7?,8+;4-,5?,6-/m11110001/s1. The smallest absolute Gasteiger partial charge is 0.293 e. The van der Waals surface area contributed by atoms with E-state index in [1.54, 1.807) is 6.92 Å². The van der Waals surface area contributed by atoms with Crippen LogP contribution < -0.4 is 0 Å². The number of rotatable bonds is 30. The molecule has 0 amide bonds. The second-order valence-electron chi connectivity index (χ2n) is 30.3. The highest BCUT2D eigenvalue weighted by Gasteiger charge is 2.55. The summed E-state index contributed by atoms with van der Waals surface area (Å²) >= 11 is 0. The third-order valence-corrected chi connectivity index (χ3v) is 23.1. The van der Waals surface area contributed by atoms with E-state index in [-0.39, 0.29) is 12.0 Å². The van der Waals surface area contributed by atoms with Gasteiger partial charge < -0.3 is 176 Å². The minimum atomic E-state index is -3.55. The van der Waals surface area contributed by atoms with Crippen molar-refractivity contribution in [2.75, 3.05) is 26.4 Å². The molecule has 0 spiro atoms. The first-order valence-corrected chi connectivity index (χ1v) is 54.9. The SMILES string of the molecule is C=P(O)(O)/C=C/[C@H]1O[C@@H](C)CC1O.C=P(O)(O)/C=C/[C@H]1O[C@@H](C)[C@@H](F)C1O.[B][C@@H]1O[C@H](/C=C/P(=C)(O)O)C(O)C1(F)F.[B][C@@H]1O[C@H](/C=C/P(=C)(O)O)C(O)[C@@H]1C.[B][C@@H]1O[C@H](/C=C/P(=C)(O)O)C(O)[C@@H]1OCCC.[B][C@@H]1O[C@H](/C=C/P(=C)(O)O)C(O)[C@@H]1OCCC.[B][C@@H]1O[C@H](/C=C/P(=C)(O)O)C(O)[C@@H]1OCCCC.[B][C@@H]1O[C@H](/C=C/P(=C)(O)O)C(O)[C@@H]1OCCCC. The fourth-order valence-corrected chi connectivity index (χ4v) is 14.9. The number of aliphatic hydroxyl groups is 8. The van der Waals surface area contributed by atoms with Gasteiger partial charge in [-0.3, -0.25) is 0 Å². The Morgan fingerprint density at radius 2 is 0.579 bits per heavy atom. The van der Waals surface area contributed by atoms with Crippen LogP contribution in [0.25, 0.3) is 0 Å². The van der Waals surface area contributed by atoms with Crippen LogP contribution in [0.15, 0.2) is 95.1 Å². The van der Waals surface area contributed by atoms with Crippen LogP contribution in [0.2, 0.25) is 0 Å². The third-order valence-electron chi connectivity index (χ3n) is 17.9. The van der Waals surface area contributed by atoms with E-state index in [2.05, 4.69) is 55.1 Å². The maximum absolute atomic E-state index is 13.0. The third kappa shape index (κ3) is 49.2. The topological polar surface area (TPSA) is 596 Å². The van der Waals surface area contributed by atoms with Crippen molar-refractivity contribution in [3.05, 3.63) is 95.1 Å². The molecule has 0 saturated carbocycles. The number of ether oxygens (including phenoxy) is 12. The Morgan fingerprint density at radius 1 is 0.333 bits per heavy atom. The van der Waals surface area contributed by atoms with E-state index in [9.17, 15) is 48.9 Å². The normalized spacial score (nSPS) is 35.6. The first kappa shape index (κ1) is 123. The maximum atomic E-state index is 13.0. The Balaban J connectivity index is 0.000000722. The lowest BCUT2D eigenvalue weighted by Gasteiger charge is -2.18. The lowest BCUT2D eigenvalue weighted by molar-refractivity contribution is -0.0889. The summed E-state index contributed by atoms with van der Waals surface area (Å²) in [4.78, 5) is 145. The average molecular weight is 1950 g/mol. The van der Waals surface area contributed by atoms with Crippen molar-refractivity contribution in [2.24, 2.45) is 5.92 Å². The molecule has 36 nitrogen and oxygen atoms in total. The van der Waals surface area contributed by atoms with Crippen LogP contribution in [0.5, 0.6) is 0 Å². The minimum absolute atomic E-state index is 0.0135. The van der Waals surface area contributed by atoms with Crippen LogP contribution in [0, 0.1) is 5.92 Å². The van der Waals surface area contributed by atoms with E-state index >= 15 is 0 Å². The zero-order valence-electron chi connectivity index (χ0n) is 71.3. The highest BCUT2D eigenvalue weighted by Crippen LogP contribution is 2.44. The average Bonchev–Trinajstić information content (AvgIpc) is 1.64. The molecule has 8 rings (SSSR count). The Kier molecular flexibility index (Phi) is 55.4. The molecule has 8 aliphatic heterocycles. The van der Waals surface area contributed by atoms with Gasteiger partial charge in [0.15, 0.2) is 6.17 Å². The lowest BCUT2D eigenvalue weighted by atomic mass is 9.86. The van der Waals surface area contributed by atoms with Crippen LogP contribution in [0.1, 0.15) is 93.4 Å². The van der Waals surface area contributed by atoms with Gasteiger partial charge in [0.2, 0.25) is 0 Å². The molecule has 0 bridgehead atoms. The quantitative estimate of drug-likeness (QED) is 0.0254. The van der Waals surface area contributed by atoms with Gasteiger partial charge in [-0.15, -0.1) is 0 Å². The summed E-state index contributed by atoms with van der Waals surface area (Å²) in [5.74, 6) is 5.07. The van der Waals surface area contributed by atoms with Gasteiger partial charge in [-0.2, -0.15) is 0 Å². The Labute approximate surface area is 744 Å². The van der Waals surface area contributed by atoms with Gasteiger partial charge in [-0.1, -0.05) is 47.5 Å². The summed E-state index contributed by atoms with van der Waals surface area (Å²) in [6.07, 6.45) is 22.8. The van der Waals surface area contributed by atoms with Crippen molar-refractivity contribution >= 4 is 156 Å². The fourth-order valence-electron chi connectivity index (χ4n) is 11.3. The van der Waals surface area contributed by atoms with E-state index in [0.29, 0.717) is 32.8 Å². The van der Waals surface area contributed by atoms with Crippen molar-refractivity contribution < 1.29 is 189 Å². The van der Waals surface area contributed by atoms with E-state index in [0.717, 1.165) is 85.3 Å². The molecule has 0 aromatic carbocycles. The van der Waals surface area contributed by atoms with E-state index in [1.165, 1.54) is 55.3 Å². The minimum Gasteiger partial charge on any atom is -0.390 e. The van der Waals surface area contributed by atoms with Crippen LogP contribution >= 0.6 is 58.7 Å². The molecule has 8 heterocycles. The first-order valence-electron chi connectivity index (χ1n) is 39.3. The second-order valence-corrected chi connectivity index (χ2v) is 45.3. The summed E-state index contributed by atoms with van der Waals surface area (Å²) in [5, 5.41) is 77.1. The molecular formula is C73H129B6F3O36P8. The number of aliphatic hydroxyl groups excluding tert-OH is 8. The summed E-state index contributed by atoms with van der Waals surface area (Å²) < 4.78 is 102. The Hall–Kier alpha value is -0.940. The number of hydrogen-bond acceptors (Lipinski definition) is 36. The summed E-state index contributed by atoms with van der Waals surface area (Å²) in [7, 11) is 7.12. The molecule has 12 radical (unpaired) electrons. The molecule has 0 aromatic rings. The van der Waals surface area contributed by atoms with Gasteiger partial charge in [0.05, 0.1) is 30.4 Å². The van der Waals surface area contributed by atoms with Crippen molar-refractivity contribution in [1.82, 2.24) is 0 Å². The monoisotopic (exact) mass is 1950 g/mol. The van der Waals surface area contributed by atoms with Gasteiger partial charge in [-0.05, 0) is 185 Å². The molecule has 30 atom stereocenters. The van der Waals surface area contributed by atoms with Crippen molar-refractivity contribution in [2.45, 2.75) is 276 Å². The number of hydrogen-bond donors (Lipinski definition) is 24. The van der Waals surface area contributed by atoms with Crippen LogP contribution in [-0.4, -0.2) is 425 Å². The molecule has 8 unspecified atom stereocenters. The molecule has 0 aliphatic carbocycles. The zero-order valence-corrected chi connectivity index (χ0v) is 78.5. The van der Waals surface area contributed by atoms with E-state index in [4.69, 9.17) is 183 Å². The van der Waals surface area contributed by atoms with Crippen LogP contribution in [-0.2, 0) is 56.8 Å². The van der Waals surface area contributed by atoms with Crippen LogP contribution in [0.3, 0.4) is 0 Å². The van der Waals surface area contributed by atoms with Gasteiger partial charge in [-0.25, -0.2) is 13.2 Å². The number of alkyl halides is 3. The first-order chi connectivity index (χ1) is 57.5. The van der Waals surface area contributed by atoms with Gasteiger partial charge in [0.1, 0.15) is 216 Å². The van der Waals surface area contributed by atoms with Gasteiger partial charge >= 0.3 is 0 Å². The largest absolute Gasteiger partial charge is 0.390 e. The zero-order chi connectivity index (χ0) is 97.4. The molecule has 0 aromatic heterocycles. The van der Waals surface area contributed by atoms with Crippen LogP contribution in [0.4, 0.5) is 13.2 Å². The van der Waals surface area contributed by atoms with E-state index < -0.39 is 235 Å². The molecule has 8 aliphatic rings.